The normalized spacial score (nSPS) is 22.2. The van der Waals surface area contributed by atoms with Crippen molar-refractivity contribution >= 4 is 23.4 Å². The van der Waals surface area contributed by atoms with Crippen LogP contribution >= 0.6 is 12.4 Å². The van der Waals surface area contributed by atoms with Crippen LogP contribution in [0.4, 0.5) is 0 Å². The van der Waals surface area contributed by atoms with Gasteiger partial charge in [-0.25, -0.2) is 4.79 Å². The lowest BCUT2D eigenvalue weighted by Crippen LogP contribution is -2.41. The first-order chi connectivity index (χ1) is 8.09. The molecule has 2 unspecified atom stereocenters. The van der Waals surface area contributed by atoms with Crippen molar-refractivity contribution in [1.29, 1.82) is 0 Å². The number of aromatic amines is 1. The number of halogens is 1. The van der Waals surface area contributed by atoms with E-state index in [4.69, 9.17) is 0 Å². The van der Waals surface area contributed by atoms with Gasteiger partial charge in [0.05, 0.1) is 11.0 Å². The first kappa shape index (κ1) is 13.2. The standard InChI is InChI=1S/C13H17N3O.ClH/c1-8-9-5-4-6-10-12(9)16(13(17)14-10)7-11(8)15(2)3;/h4-6,8,11H,7H2,1-3H3,(H,14,17);1H. The van der Waals surface area contributed by atoms with E-state index in [0.717, 1.165) is 17.6 Å². The van der Waals surface area contributed by atoms with Crippen molar-refractivity contribution in [1.82, 2.24) is 14.5 Å². The summed E-state index contributed by atoms with van der Waals surface area (Å²) >= 11 is 0. The molecule has 0 saturated heterocycles. The molecule has 2 heterocycles. The molecule has 0 radical (unpaired) electrons. The molecule has 0 fully saturated rings. The van der Waals surface area contributed by atoms with Crippen molar-refractivity contribution in [3.63, 3.8) is 0 Å². The number of aromatic nitrogens is 2. The van der Waals surface area contributed by atoms with Gasteiger partial charge in [0.15, 0.2) is 0 Å². The molecule has 2 aromatic rings. The minimum atomic E-state index is 0. The van der Waals surface area contributed by atoms with E-state index in [2.05, 4.69) is 37.0 Å². The van der Waals surface area contributed by atoms with Gasteiger partial charge >= 0.3 is 5.69 Å². The summed E-state index contributed by atoms with van der Waals surface area (Å²) in [6.07, 6.45) is 0. The molecular weight excluding hydrogens is 250 g/mol. The molecule has 98 valence electrons. The molecule has 3 rings (SSSR count). The number of H-pyrrole nitrogens is 1. The van der Waals surface area contributed by atoms with Gasteiger partial charge in [-0.1, -0.05) is 19.1 Å². The zero-order valence-electron chi connectivity index (χ0n) is 10.8. The second kappa shape index (κ2) is 4.44. The van der Waals surface area contributed by atoms with Crippen LogP contribution in [0.5, 0.6) is 0 Å². The van der Waals surface area contributed by atoms with E-state index in [1.807, 2.05) is 16.7 Å². The quantitative estimate of drug-likeness (QED) is 0.856. The fourth-order valence-electron chi connectivity index (χ4n) is 2.95. The van der Waals surface area contributed by atoms with Gasteiger partial charge in [-0.05, 0) is 25.7 Å². The Hall–Kier alpha value is -1.26. The van der Waals surface area contributed by atoms with Crippen LogP contribution in [0.3, 0.4) is 0 Å². The smallest absolute Gasteiger partial charge is 0.306 e. The van der Waals surface area contributed by atoms with Gasteiger partial charge in [-0.3, -0.25) is 4.57 Å². The summed E-state index contributed by atoms with van der Waals surface area (Å²) in [5.41, 5.74) is 3.32. The van der Waals surface area contributed by atoms with Gasteiger partial charge in [-0.15, -0.1) is 12.4 Å². The lowest BCUT2D eigenvalue weighted by Gasteiger charge is -2.34. The molecule has 1 aromatic carbocycles. The van der Waals surface area contributed by atoms with E-state index in [-0.39, 0.29) is 18.1 Å². The van der Waals surface area contributed by atoms with Crippen molar-refractivity contribution < 1.29 is 0 Å². The summed E-state index contributed by atoms with van der Waals surface area (Å²) < 4.78 is 1.87. The van der Waals surface area contributed by atoms with Gasteiger partial charge in [0.1, 0.15) is 0 Å². The van der Waals surface area contributed by atoms with Crippen molar-refractivity contribution in [2.45, 2.75) is 25.4 Å². The number of hydrogen-bond acceptors (Lipinski definition) is 2. The Kier molecular flexibility index (Phi) is 3.25. The van der Waals surface area contributed by atoms with E-state index in [1.54, 1.807) is 0 Å². The maximum Gasteiger partial charge on any atom is 0.326 e. The minimum absolute atomic E-state index is 0. The molecular formula is C13H18ClN3O. The first-order valence-electron chi connectivity index (χ1n) is 5.97. The number of para-hydroxylation sites is 1. The Bertz CT molecular complexity index is 629. The zero-order valence-corrected chi connectivity index (χ0v) is 11.6. The molecule has 0 amide bonds. The fraction of sp³-hybridized carbons (Fsp3) is 0.462. The molecule has 1 aliphatic rings. The van der Waals surface area contributed by atoms with Crippen LogP contribution in [0.15, 0.2) is 23.0 Å². The van der Waals surface area contributed by atoms with Crippen molar-refractivity contribution in [2.75, 3.05) is 14.1 Å². The van der Waals surface area contributed by atoms with E-state index in [0.29, 0.717) is 12.0 Å². The van der Waals surface area contributed by atoms with Crippen molar-refractivity contribution in [3.05, 3.63) is 34.2 Å². The molecule has 1 N–H and O–H groups in total. The van der Waals surface area contributed by atoms with Gasteiger partial charge in [0.25, 0.3) is 0 Å². The molecule has 1 aliphatic heterocycles. The zero-order chi connectivity index (χ0) is 12.2. The van der Waals surface area contributed by atoms with Gasteiger partial charge in [-0.2, -0.15) is 0 Å². The molecule has 5 heteroatoms. The maximum absolute atomic E-state index is 11.9. The maximum atomic E-state index is 11.9. The van der Waals surface area contributed by atoms with Crippen LogP contribution in [-0.4, -0.2) is 34.6 Å². The number of likely N-dealkylation sites (N-methyl/N-ethyl adjacent to an activating group) is 1. The second-order valence-corrected chi connectivity index (χ2v) is 5.10. The van der Waals surface area contributed by atoms with E-state index >= 15 is 0 Å². The van der Waals surface area contributed by atoms with Gasteiger partial charge < -0.3 is 9.88 Å². The Morgan fingerprint density at radius 3 is 2.78 bits per heavy atom. The summed E-state index contributed by atoms with van der Waals surface area (Å²) in [4.78, 5) is 17.0. The molecule has 0 bridgehead atoms. The van der Waals surface area contributed by atoms with Crippen LogP contribution in [-0.2, 0) is 6.54 Å². The summed E-state index contributed by atoms with van der Waals surface area (Å²) in [5.74, 6) is 0.448. The molecule has 4 nitrogen and oxygen atoms in total. The highest BCUT2D eigenvalue weighted by atomic mass is 35.5. The number of hydrogen-bond donors (Lipinski definition) is 1. The summed E-state index contributed by atoms with van der Waals surface area (Å²) in [6, 6.07) is 6.50. The van der Waals surface area contributed by atoms with Crippen molar-refractivity contribution in [2.24, 2.45) is 0 Å². The molecule has 1 aromatic heterocycles. The Labute approximate surface area is 112 Å². The minimum Gasteiger partial charge on any atom is -0.306 e. The van der Waals surface area contributed by atoms with E-state index < -0.39 is 0 Å². The number of benzene rings is 1. The number of nitrogens with zero attached hydrogens (tertiary/aromatic N) is 2. The number of imidazole rings is 1. The average Bonchev–Trinajstić information content (AvgIpc) is 2.60. The van der Waals surface area contributed by atoms with Crippen LogP contribution in [0.25, 0.3) is 11.0 Å². The fourth-order valence-corrected chi connectivity index (χ4v) is 2.95. The lowest BCUT2D eigenvalue weighted by molar-refractivity contribution is 0.226. The molecule has 0 saturated carbocycles. The molecule has 18 heavy (non-hydrogen) atoms. The first-order valence-corrected chi connectivity index (χ1v) is 5.97. The van der Waals surface area contributed by atoms with Gasteiger partial charge in [0, 0.05) is 18.5 Å². The Morgan fingerprint density at radius 1 is 1.39 bits per heavy atom. The van der Waals surface area contributed by atoms with Gasteiger partial charge in [0.2, 0.25) is 0 Å². The topological polar surface area (TPSA) is 41.0 Å². The highest BCUT2D eigenvalue weighted by Crippen LogP contribution is 2.32. The highest BCUT2D eigenvalue weighted by Gasteiger charge is 2.30. The van der Waals surface area contributed by atoms with E-state index in [1.165, 1.54) is 5.56 Å². The largest absolute Gasteiger partial charge is 0.326 e. The highest BCUT2D eigenvalue weighted by molar-refractivity contribution is 5.85. The summed E-state index contributed by atoms with van der Waals surface area (Å²) in [5, 5.41) is 0. The van der Waals surface area contributed by atoms with Crippen LogP contribution in [0.2, 0.25) is 0 Å². The summed E-state index contributed by atoms with van der Waals surface area (Å²) in [6.45, 7) is 3.00. The number of nitrogens with one attached hydrogen (secondary N) is 1. The monoisotopic (exact) mass is 267 g/mol. The lowest BCUT2D eigenvalue weighted by atomic mass is 9.89. The molecule has 0 spiro atoms. The second-order valence-electron chi connectivity index (χ2n) is 5.10. The predicted octanol–water partition coefficient (Wildman–Crippen LogP) is 1.80. The third-order valence-corrected chi connectivity index (χ3v) is 3.92. The molecule has 0 aliphatic carbocycles. The van der Waals surface area contributed by atoms with Crippen LogP contribution in [0, 0.1) is 0 Å². The third-order valence-electron chi connectivity index (χ3n) is 3.92. The molecule has 2 atom stereocenters. The Balaban J connectivity index is 0.00000120. The van der Waals surface area contributed by atoms with E-state index in [9.17, 15) is 4.79 Å². The third kappa shape index (κ3) is 1.68. The number of rotatable bonds is 1. The predicted molar refractivity (Wildman–Crippen MR) is 75.7 cm³/mol. The SMILES string of the molecule is CC1c2cccc3[nH]c(=O)n(c23)CC1N(C)C.Cl. The Morgan fingerprint density at radius 2 is 2.11 bits per heavy atom. The van der Waals surface area contributed by atoms with Crippen LogP contribution in [0.1, 0.15) is 18.4 Å². The summed E-state index contributed by atoms with van der Waals surface area (Å²) in [7, 11) is 4.15. The average molecular weight is 268 g/mol. The van der Waals surface area contributed by atoms with Crippen molar-refractivity contribution in [3.8, 4) is 0 Å². The van der Waals surface area contributed by atoms with Crippen LogP contribution < -0.4 is 5.69 Å².